The van der Waals surface area contributed by atoms with Gasteiger partial charge in [0.1, 0.15) is 18.2 Å². The van der Waals surface area contributed by atoms with Crippen LogP contribution in [0.1, 0.15) is 37.9 Å². The molecule has 0 unspecified atom stereocenters. The lowest BCUT2D eigenvalue weighted by atomic mass is 10.1. The first-order valence-corrected chi connectivity index (χ1v) is 8.32. The average molecular weight is 313 g/mol. The number of piperidine rings is 1. The van der Waals surface area contributed by atoms with Gasteiger partial charge in [0, 0.05) is 50.1 Å². The summed E-state index contributed by atoms with van der Waals surface area (Å²) in [6, 6.07) is 2.56. The Labute approximate surface area is 137 Å². The molecule has 1 aliphatic rings. The molecule has 2 aromatic rings. The first-order valence-electron chi connectivity index (χ1n) is 8.32. The zero-order valence-electron chi connectivity index (χ0n) is 13.8. The van der Waals surface area contributed by atoms with Crippen molar-refractivity contribution in [3.63, 3.8) is 0 Å². The average Bonchev–Trinajstić information content (AvgIpc) is 2.63. The summed E-state index contributed by atoms with van der Waals surface area (Å²) in [6.07, 6.45) is 9.27. The molecule has 6 nitrogen and oxygen atoms in total. The molecular formula is C17H23N5O. The number of rotatable bonds is 5. The molecule has 1 fully saturated rings. The van der Waals surface area contributed by atoms with Gasteiger partial charge in [-0.25, -0.2) is 19.9 Å². The summed E-state index contributed by atoms with van der Waals surface area (Å²) in [5, 5.41) is 0. The second kappa shape index (κ2) is 7.35. The standard InChI is InChI=1S/C17H23N5O/c1-3-13-10-18-17(19-11-13)23-15-5-7-22(8-6-15)16-9-14(4-2)20-12-21-16/h9-12,15H,3-8H2,1-2H3. The minimum Gasteiger partial charge on any atom is -0.460 e. The molecule has 0 amide bonds. The first-order chi connectivity index (χ1) is 11.3. The number of anilines is 1. The molecule has 0 spiro atoms. The minimum atomic E-state index is 0.172. The number of aryl methyl sites for hydroxylation is 2. The van der Waals surface area contributed by atoms with Gasteiger partial charge in [-0.2, -0.15) is 0 Å². The lowest BCUT2D eigenvalue weighted by Gasteiger charge is -2.32. The van der Waals surface area contributed by atoms with Gasteiger partial charge in [-0.3, -0.25) is 0 Å². The third-order valence-corrected chi connectivity index (χ3v) is 4.20. The number of hydrogen-bond donors (Lipinski definition) is 0. The van der Waals surface area contributed by atoms with Crippen LogP contribution in [0.5, 0.6) is 6.01 Å². The van der Waals surface area contributed by atoms with Crippen molar-refractivity contribution in [1.29, 1.82) is 0 Å². The Balaban J connectivity index is 1.55. The minimum absolute atomic E-state index is 0.172. The number of aromatic nitrogens is 4. The number of hydrogen-bond acceptors (Lipinski definition) is 6. The van der Waals surface area contributed by atoms with E-state index in [9.17, 15) is 0 Å². The highest BCUT2D eigenvalue weighted by atomic mass is 16.5. The summed E-state index contributed by atoms with van der Waals surface area (Å²) in [4.78, 5) is 19.5. The van der Waals surface area contributed by atoms with Crippen LogP contribution in [0.15, 0.2) is 24.8 Å². The van der Waals surface area contributed by atoms with Crippen molar-refractivity contribution in [2.45, 2.75) is 45.6 Å². The molecule has 0 aromatic carbocycles. The number of ether oxygens (including phenoxy) is 1. The summed E-state index contributed by atoms with van der Waals surface area (Å²) < 4.78 is 5.90. The van der Waals surface area contributed by atoms with E-state index in [1.165, 1.54) is 0 Å². The summed E-state index contributed by atoms with van der Waals surface area (Å²) in [5.74, 6) is 1.01. The van der Waals surface area contributed by atoms with Gasteiger partial charge in [0.25, 0.3) is 0 Å². The van der Waals surface area contributed by atoms with E-state index in [-0.39, 0.29) is 6.10 Å². The predicted octanol–water partition coefficient (Wildman–Crippen LogP) is 2.44. The van der Waals surface area contributed by atoms with Crippen molar-refractivity contribution in [1.82, 2.24) is 19.9 Å². The van der Waals surface area contributed by atoms with Crippen LogP contribution in [0, 0.1) is 0 Å². The fourth-order valence-electron chi connectivity index (χ4n) is 2.69. The van der Waals surface area contributed by atoms with Crippen LogP contribution in [-0.4, -0.2) is 39.1 Å². The van der Waals surface area contributed by atoms with Gasteiger partial charge in [-0.1, -0.05) is 13.8 Å². The molecule has 0 radical (unpaired) electrons. The van der Waals surface area contributed by atoms with E-state index in [0.29, 0.717) is 6.01 Å². The maximum absolute atomic E-state index is 5.90. The monoisotopic (exact) mass is 313 g/mol. The van der Waals surface area contributed by atoms with Gasteiger partial charge in [-0.15, -0.1) is 0 Å². The van der Waals surface area contributed by atoms with Crippen molar-refractivity contribution in [3.8, 4) is 6.01 Å². The maximum Gasteiger partial charge on any atom is 0.316 e. The van der Waals surface area contributed by atoms with Crippen LogP contribution in [0.25, 0.3) is 0 Å². The van der Waals surface area contributed by atoms with Crippen molar-refractivity contribution in [2.75, 3.05) is 18.0 Å². The molecule has 122 valence electrons. The SMILES string of the molecule is CCc1cnc(OC2CCN(c3cc(CC)ncn3)CC2)nc1. The van der Waals surface area contributed by atoms with E-state index in [1.54, 1.807) is 6.33 Å². The molecule has 3 heterocycles. The highest BCUT2D eigenvalue weighted by Gasteiger charge is 2.22. The van der Waals surface area contributed by atoms with E-state index < -0.39 is 0 Å². The molecule has 3 rings (SSSR count). The van der Waals surface area contributed by atoms with Gasteiger partial charge < -0.3 is 9.64 Å². The molecule has 0 saturated carbocycles. The van der Waals surface area contributed by atoms with Gasteiger partial charge in [0.05, 0.1) is 0 Å². The van der Waals surface area contributed by atoms with E-state index in [2.05, 4.69) is 44.7 Å². The first kappa shape index (κ1) is 15.6. The Morgan fingerprint density at radius 3 is 2.43 bits per heavy atom. The Kier molecular flexibility index (Phi) is 5.00. The Hall–Kier alpha value is -2.24. The molecule has 6 heteroatoms. The topological polar surface area (TPSA) is 64.0 Å². The zero-order chi connectivity index (χ0) is 16.1. The highest BCUT2D eigenvalue weighted by molar-refractivity contribution is 5.39. The second-order valence-corrected chi connectivity index (χ2v) is 5.75. The quantitative estimate of drug-likeness (QED) is 0.845. The van der Waals surface area contributed by atoms with E-state index in [1.807, 2.05) is 12.4 Å². The van der Waals surface area contributed by atoms with E-state index in [0.717, 1.165) is 55.8 Å². The van der Waals surface area contributed by atoms with Crippen LogP contribution in [0.4, 0.5) is 5.82 Å². The smallest absolute Gasteiger partial charge is 0.316 e. The molecule has 0 N–H and O–H groups in total. The Morgan fingerprint density at radius 2 is 1.78 bits per heavy atom. The van der Waals surface area contributed by atoms with E-state index >= 15 is 0 Å². The lowest BCUT2D eigenvalue weighted by molar-refractivity contribution is 0.156. The molecule has 0 bridgehead atoms. The largest absolute Gasteiger partial charge is 0.460 e. The van der Waals surface area contributed by atoms with Crippen molar-refractivity contribution in [2.24, 2.45) is 0 Å². The van der Waals surface area contributed by atoms with Crippen molar-refractivity contribution in [3.05, 3.63) is 36.0 Å². The molecule has 2 aromatic heterocycles. The molecule has 1 aliphatic heterocycles. The summed E-state index contributed by atoms with van der Waals surface area (Å²) >= 11 is 0. The lowest BCUT2D eigenvalue weighted by Crippen LogP contribution is -2.39. The Morgan fingerprint density at radius 1 is 1.04 bits per heavy atom. The van der Waals surface area contributed by atoms with Crippen LogP contribution in [-0.2, 0) is 12.8 Å². The van der Waals surface area contributed by atoms with Crippen LogP contribution < -0.4 is 9.64 Å². The maximum atomic E-state index is 5.90. The molecular weight excluding hydrogens is 290 g/mol. The summed E-state index contributed by atoms with van der Waals surface area (Å²) in [5.41, 5.74) is 2.21. The second-order valence-electron chi connectivity index (χ2n) is 5.75. The van der Waals surface area contributed by atoms with Crippen LogP contribution in [0.3, 0.4) is 0 Å². The van der Waals surface area contributed by atoms with Gasteiger partial charge in [0.2, 0.25) is 0 Å². The third kappa shape index (κ3) is 3.94. The van der Waals surface area contributed by atoms with Crippen molar-refractivity contribution >= 4 is 5.82 Å². The van der Waals surface area contributed by atoms with Gasteiger partial charge in [-0.05, 0) is 18.4 Å². The molecule has 0 atom stereocenters. The number of nitrogens with zero attached hydrogens (tertiary/aromatic N) is 5. The molecule has 1 saturated heterocycles. The fraction of sp³-hybridized carbons (Fsp3) is 0.529. The van der Waals surface area contributed by atoms with E-state index in [4.69, 9.17) is 4.74 Å². The Bertz CT molecular complexity index is 623. The molecule has 23 heavy (non-hydrogen) atoms. The highest BCUT2D eigenvalue weighted by Crippen LogP contribution is 2.20. The third-order valence-electron chi connectivity index (χ3n) is 4.20. The predicted molar refractivity (Wildman–Crippen MR) is 88.7 cm³/mol. The zero-order valence-corrected chi connectivity index (χ0v) is 13.8. The summed E-state index contributed by atoms with van der Waals surface area (Å²) in [6.45, 7) is 6.05. The van der Waals surface area contributed by atoms with Gasteiger partial charge >= 0.3 is 6.01 Å². The van der Waals surface area contributed by atoms with Crippen LogP contribution >= 0.6 is 0 Å². The van der Waals surface area contributed by atoms with Gasteiger partial charge in [0.15, 0.2) is 0 Å². The normalized spacial score (nSPS) is 15.7. The fourth-order valence-corrected chi connectivity index (χ4v) is 2.69. The van der Waals surface area contributed by atoms with Crippen LogP contribution in [0.2, 0.25) is 0 Å². The molecule has 0 aliphatic carbocycles. The van der Waals surface area contributed by atoms with Crippen molar-refractivity contribution < 1.29 is 4.74 Å². The summed E-state index contributed by atoms with van der Waals surface area (Å²) in [7, 11) is 0.